The molecule has 0 aliphatic rings. The highest BCUT2D eigenvalue weighted by Gasteiger charge is 2.44. The number of hydrogen-bond donors (Lipinski definition) is 0. The van der Waals surface area contributed by atoms with Crippen molar-refractivity contribution in [2.75, 3.05) is 0 Å². The van der Waals surface area contributed by atoms with Crippen LogP contribution in [0, 0.1) is 0 Å². The van der Waals surface area contributed by atoms with Gasteiger partial charge in [-0.15, -0.1) is 0 Å². The van der Waals surface area contributed by atoms with Crippen molar-refractivity contribution in [2.24, 2.45) is 0 Å². The SMILES string of the molecule is C[Si](C)C(F)(F)C(F)CCCC(F)(F)c1ccccc1. The molecule has 0 heterocycles. The lowest BCUT2D eigenvalue weighted by Crippen LogP contribution is -2.42. The maximum Gasteiger partial charge on any atom is 0.273 e. The van der Waals surface area contributed by atoms with Crippen LogP contribution in [0.15, 0.2) is 30.3 Å². The van der Waals surface area contributed by atoms with Crippen molar-refractivity contribution >= 4 is 8.80 Å². The molecule has 0 fully saturated rings. The first kappa shape index (κ1) is 17.1. The van der Waals surface area contributed by atoms with Crippen LogP contribution in [0.1, 0.15) is 24.8 Å². The summed E-state index contributed by atoms with van der Waals surface area (Å²) < 4.78 is 67.7. The molecule has 0 aliphatic carbocycles. The lowest BCUT2D eigenvalue weighted by atomic mass is 10.0. The fraction of sp³-hybridized carbons (Fsp3) is 0.571. The number of rotatable bonds is 7. The van der Waals surface area contributed by atoms with E-state index in [1.165, 1.54) is 37.4 Å². The smallest absolute Gasteiger partial charge is 0.241 e. The van der Waals surface area contributed by atoms with Crippen LogP contribution in [0.2, 0.25) is 13.1 Å². The van der Waals surface area contributed by atoms with E-state index in [2.05, 4.69) is 0 Å². The average Bonchev–Trinajstić information content (AvgIpc) is 2.39. The minimum absolute atomic E-state index is 0.169. The van der Waals surface area contributed by atoms with Gasteiger partial charge in [0.1, 0.15) is 8.80 Å². The Morgan fingerprint density at radius 1 is 1.05 bits per heavy atom. The van der Waals surface area contributed by atoms with Gasteiger partial charge in [0, 0.05) is 12.0 Å². The van der Waals surface area contributed by atoms with Crippen molar-refractivity contribution in [2.45, 2.75) is 50.0 Å². The molecule has 1 rings (SSSR count). The Morgan fingerprint density at radius 2 is 1.60 bits per heavy atom. The maximum atomic E-state index is 13.8. The van der Waals surface area contributed by atoms with Crippen LogP contribution in [-0.2, 0) is 5.92 Å². The average molecular weight is 309 g/mol. The fourth-order valence-electron chi connectivity index (χ4n) is 1.82. The molecule has 0 bridgehead atoms. The Hall–Kier alpha value is -0.913. The second kappa shape index (κ2) is 6.69. The quantitative estimate of drug-likeness (QED) is 0.479. The van der Waals surface area contributed by atoms with Gasteiger partial charge in [-0.1, -0.05) is 43.4 Å². The van der Waals surface area contributed by atoms with Crippen LogP contribution in [-0.4, -0.2) is 20.5 Å². The molecule has 0 N–H and O–H groups in total. The normalized spacial score (nSPS) is 14.6. The molecule has 0 amide bonds. The van der Waals surface area contributed by atoms with Gasteiger partial charge in [0.05, 0.1) is 0 Å². The van der Waals surface area contributed by atoms with E-state index >= 15 is 0 Å². The van der Waals surface area contributed by atoms with Crippen molar-refractivity contribution in [3.8, 4) is 0 Å². The number of benzene rings is 1. The van der Waals surface area contributed by atoms with Gasteiger partial charge in [0.2, 0.25) is 0 Å². The number of hydrogen-bond acceptors (Lipinski definition) is 0. The molecule has 0 saturated carbocycles. The fourth-order valence-corrected chi connectivity index (χ4v) is 2.59. The first-order valence-corrected chi connectivity index (χ1v) is 8.94. The van der Waals surface area contributed by atoms with Gasteiger partial charge in [0.25, 0.3) is 11.5 Å². The molecule has 1 unspecified atom stereocenters. The topological polar surface area (TPSA) is 0 Å². The van der Waals surface area contributed by atoms with E-state index < -0.39 is 39.3 Å². The Labute approximate surface area is 117 Å². The summed E-state index contributed by atoms with van der Waals surface area (Å²) >= 11 is 0. The molecule has 1 aromatic carbocycles. The summed E-state index contributed by atoms with van der Waals surface area (Å²) in [5.74, 6) is -3.11. The van der Waals surface area contributed by atoms with Gasteiger partial charge >= 0.3 is 0 Å². The van der Waals surface area contributed by atoms with Crippen LogP contribution < -0.4 is 0 Å². The van der Waals surface area contributed by atoms with E-state index in [1.807, 2.05) is 0 Å². The summed E-state index contributed by atoms with van der Waals surface area (Å²) in [5.41, 5.74) is -3.54. The van der Waals surface area contributed by atoms with Gasteiger partial charge in [-0.25, -0.2) is 22.0 Å². The monoisotopic (exact) mass is 309 g/mol. The summed E-state index contributed by atoms with van der Waals surface area (Å²) in [6.45, 7) is 2.63. The van der Waals surface area contributed by atoms with Gasteiger partial charge in [-0.2, -0.15) is 0 Å². The second-order valence-corrected chi connectivity index (χ2v) is 7.72. The van der Waals surface area contributed by atoms with Crippen LogP contribution in [0.5, 0.6) is 0 Å². The standard InChI is InChI=1S/C14H18F5Si/c1-20(2)14(18,19)12(15)9-6-10-13(16,17)11-7-4-3-5-8-11/h3-5,7-8,12H,6,9-10H2,1-2H3. The van der Waals surface area contributed by atoms with Crippen LogP contribution in [0.25, 0.3) is 0 Å². The Kier molecular flexibility index (Phi) is 5.74. The first-order valence-electron chi connectivity index (χ1n) is 6.44. The molecule has 1 radical (unpaired) electrons. The van der Waals surface area contributed by atoms with E-state index in [1.54, 1.807) is 6.07 Å². The van der Waals surface area contributed by atoms with Crippen molar-refractivity contribution in [1.82, 2.24) is 0 Å². The van der Waals surface area contributed by atoms with Gasteiger partial charge < -0.3 is 0 Å². The third-order valence-corrected chi connectivity index (χ3v) is 4.85. The maximum absolute atomic E-state index is 13.8. The lowest BCUT2D eigenvalue weighted by Gasteiger charge is -2.24. The zero-order chi connectivity index (χ0) is 15.4. The Balaban J connectivity index is 2.52. The molecule has 0 aromatic heterocycles. The summed E-state index contributed by atoms with van der Waals surface area (Å²) in [6.07, 6.45) is -3.76. The predicted octanol–water partition coefficient (Wildman–Crippen LogP) is 5.22. The summed E-state index contributed by atoms with van der Waals surface area (Å²) in [5, 5.41) is 0. The molecule has 0 nitrogen and oxygen atoms in total. The Bertz CT molecular complexity index is 405. The molecular weight excluding hydrogens is 291 g/mol. The molecule has 1 aromatic rings. The van der Waals surface area contributed by atoms with Gasteiger partial charge in [-0.3, -0.25) is 0 Å². The zero-order valence-electron chi connectivity index (χ0n) is 11.5. The van der Waals surface area contributed by atoms with Crippen molar-refractivity contribution in [3.63, 3.8) is 0 Å². The molecular formula is C14H18F5Si. The van der Waals surface area contributed by atoms with Gasteiger partial charge in [0.15, 0.2) is 6.17 Å². The first-order chi connectivity index (χ1) is 9.18. The third-order valence-electron chi connectivity index (χ3n) is 3.20. The highest BCUT2D eigenvalue weighted by Crippen LogP contribution is 2.35. The minimum atomic E-state index is -3.37. The minimum Gasteiger partial charge on any atom is -0.241 e. The van der Waals surface area contributed by atoms with Crippen molar-refractivity contribution in [1.29, 1.82) is 0 Å². The zero-order valence-corrected chi connectivity index (χ0v) is 12.5. The van der Waals surface area contributed by atoms with E-state index in [0.717, 1.165) is 0 Å². The second-order valence-electron chi connectivity index (χ2n) is 5.05. The molecule has 20 heavy (non-hydrogen) atoms. The number of alkyl halides is 5. The van der Waals surface area contributed by atoms with Crippen LogP contribution >= 0.6 is 0 Å². The Morgan fingerprint density at radius 3 is 2.10 bits per heavy atom. The van der Waals surface area contributed by atoms with Gasteiger partial charge in [-0.05, 0) is 12.8 Å². The molecule has 113 valence electrons. The molecule has 0 saturated heterocycles. The largest absolute Gasteiger partial charge is 0.273 e. The summed E-state index contributed by atoms with van der Waals surface area (Å²) in [7, 11) is -2.12. The van der Waals surface area contributed by atoms with Crippen molar-refractivity contribution < 1.29 is 22.0 Å². The molecule has 1 atom stereocenters. The summed E-state index contributed by atoms with van der Waals surface area (Å²) in [6, 6.07) is 7.14. The van der Waals surface area contributed by atoms with E-state index in [-0.39, 0.29) is 12.0 Å². The lowest BCUT2D eigenvalue weighted by molar-refractivity contribution is -0.0304. The number of halogens is 5. The van der Waals surface area contributed by atoms with E-state index in [4.69, 9.17) is 0 Å². The highest BCUT2D eigenvalue weighted by molar-refractivity contribution is 6.58. The molecule has 6 heteroatoms. The third kappa shape index (κ3) is 4.29. The van der Waals surface area contributed by atoms with Crippen LogP contribution in [0.3, 0.4) is 0 Å². The molecule has 0 aliphatic heterocycles. The van der Waals surface area contributed by atoms with E-state index in [9.17, 15) is 22.0 Å². The van der Waals surface area contributed by atoms with E-state index in [0.29, 0.717) is 0 Å². The van der Waals surface area contributed by atoms with Crippen molar-refractivity contribution in [3.05, 3.63) is 35.9 Å². The van der Waals surface area contributed by atoms with Crippen LogP contribution in [0.4, 0.5) is 22.0 Å². The predicted molar refractivity (Wildman–Crippen MR) is 71.5 cm³/mol. The molecule has 0 spiro atoms. The highest BCUT2D eigenvalue weighted by atomic mass is 28.3. The summed E-state index contributed by atoms with van der Waals surface area (Å²) in [4.78, 5) is 0.